The number of carbonyl (C=O) groups excluding carboxylic acids is 1. The third-order valence-electron chi connectivity index (χ3n) is 4.55. The Hall–Kier alpha value is -2.38. The number of amides is 1. The Morgan fingerprint density at radius 3 is 2.78 bits per heavy atom. The van der Waals surface area contributed by atoms with Crippen molar-refractivity contribution in [3.63, 3.8) is 0 Å². The van der Waals surface area contributed by atoms with Crippen LogP contribution < -0.4 is 15.0 Å². The summed E-state index contributed by atoms with van der Waals surface area (Å²) in [6.45, 7) is 2.98. The highest BCUT2D eigenvalue weighted by atomic mass is 35.5. The van der Waals surface area contributed by atoms with Crippen molar-refractivity contribution in [2.45, 2.75) is 31.9 Å². The van der Waals surface area contributed by atoms with E-state index in [4.69, 9.17) is 16.3 Å². The van der Waals surface area contributed by atoms with Crippen LogP contribution in [0, 0.1) is 0 Å². The van der Waals surface area contributed by atoms with Gasteiger partial charge < -0.3 is 20.1 Å². The van der Waals surface area contributed by atoms with Gasteiger partial charge in [0.25, 0.3) is 5.91 Å². The van der Waals surface area contributed by atoms with Crippen LogP contribution in [0.2, 0.25) is 5.02 Å². The number of aliphatic hydroxyl groups excluding tert-OH is 1. The summed E-state index contributed by atoms with van der Waals surface area (Å²) in [7, 11) is 1.50. The molecule has 1 fully saturated rings. The van der Waals surface area contributed by atoms with Gasteiger partial charge in [0.1, 0.15) is 5.75 Å². The summed E-state index contributed by atoms with van der Waals surface area (Å²) in [6.07, 6.45) is 4.31. The number of nitrogens with one attached hydrogen (secondary N) is 1. The second kappa shape index (κ2) is 8.54. The summed E-state index contributed by atoms with van der Waals surface area (Å²) in [5.41, 5.74) is 1.41. The summed E-state index contributed by atoms with van der Waals surface area (Å²) in [5.74, 6) is 0.699. The van der Waals surface area contributed by atoms with Crippen LogP contribution >= 0.6 is 11.6 Å². The molecule has 2 atom stereocenters. The summed E-state index contributed by atoms with van der Waals surface area (Å²) in [6, 6.07) is 4.64. The van der Waals surface area contributed by atoms with Crippen LogP contribution in [0.15, 0.2) is 30.6 Å². The van der Waals surface area contributed by atoms with E-state index in [1.54, 1.807) is 30.6 Å². The van der Waals surface area contributed by atoms with Crippen LogP contribution in [0.25, 0.3) is 0 Å². The van der Waals surface area contributed by atoms with E-state index in [0.29, 0.717) is 41.8 Å². The number of ether oxygens (including phenoxy) is 1. The fraction of sp³-hybridized carbons (Fsp3) is 0.421. The lowest BCUT2D eigenvalue weighted by atomic mass is 10.0. The molecule has 8 heteroatoms. The summed E-state index contributed by atoms with van der Waals surface area (Å²) < 4.78 is 5.24. The number of piperidine rings is 1. The molecule has 0 aliphatic carbocycles. The molecule has 144 valence electrons. The second-order valence-corrected chi connectivity index (χ2v) is 6.99. The van der Waals surface area contributed by atoms with Crippen molar-refractivity contribution >= 4 is 23.5 Å². The van der Waals surface area contributed by atoms with E-state index in [0.717, 1.165) is 12.0 Å². The summed E-state index contributed by atoms with van der Waals surface area (Å²) >= 11 is 6.01. The van der Waals surface area contributed by atoms with Crippen LogP contribution in [0.5, 0.6) is 5.75 Å². The molecule has 1 aromatic heterocycles. The molecular weight excluding hydrogens is 368 g/mol. The molecule has 27 heavy (non-hydrogen) atoms. The Morgan fingerprint density at radius 2 is 2.11 bits per heavy atom. The molecule has 0 unspecified atom stereocenters. The molecule has 1 saturated heterocycles. The van der Waals surface area contributed by atoms with Gasteiger partial charge in [-0.15, -0.1) is 0 Å². The van der Waals surface area contributed by atoms with Gasteiger partial charge >= 0.3 is 0 Å². The molecule has 1 aliphatic rings. The minimum atomic E-state index is -0.584. The summed E-state index contributed by atoms with van der Waals surface area (Å²) in [4.78, 5) is 23.3. The highest BCUT2D eigenvalue weighted by Crippen LogP contribution is 2.23. The maximum atomic E-state index is 12.7. The highest BCUT2D eigenvalue weighted by molar-refractivity contribution is 6.31. The number of aryl methyl sites for hydroxylation is 1. The number of benzene rings is 1. The van der Waals surface area contributed by atoms with E-state index in [1.165, 1.54) is 7.11 Å². The lowest BCUT2D eigenvalue weighted by Crippen LogP contribution is -2.53. The van der Waals surface area contributed by atoms with E-state index in [2.05, 4.69) is 15.3 Å². The van der Waals surface area contributed by atoms with Gasteiger partial charge in [-0.1, -0.05) is 18.5 Å². The zero-order valence-corrected chi connectivity index (χ0v) is 16.1. The number of hydrogen-bond acceptors (Lipinski definition) is 6. The number of aliphatic hydroxyl groups is 1. The van der Waals surface area contributed by atoms with Crippen molar-refractivity contribution in [1.82, 2.24) is 15.3 Å². The predicted octanol–water partition coefficient (Wildman–Crippen LogP) is 2.07. The van der Waals surface area contributed by atoms with E-state index in [1.807, 2.05) is 11.8 Å². The van der Waals surface area contributed by atoms with Crippen LogP contribution in [0.4, 0.5) is 5.95 Å². The van der Waals surface area contributed by atoms with Crippen LogP contribution in [-0.4, -0.2) is 53.3 Å². The monoisotopic (exact) mass is 390 g/mol. The zero-order chi connectivity index (χ0) is 19.4. The topological polar surface area (TPSA) is 87.6 Å². The quantitative estimate of drug-likeness (QED) is 0.812. The van der Waals surface area contributed by atoms with Gasteiger partial charge in [0, 0.05) is 36.5 Å². The molecular formula is C19H23ClN4O3. The molecule has 2 heterocycles. The van der Waals surface area contributed by atoms with E-state index >= 15 is 0 Å². The Morgan fingerprint density at radius 1 is 1.37 bits per heavy atom. The SMILES string of the molecule is CCc1cnc(N2C[C@H](O)C[C@H](NC(=O)c3cc(Cl)ccc3OC)C2)nc1. The van der Waals surface area contributed by atoms with E-state index < -0.39 is 6.10 Å². The van der Waals surface area contributed by atoms with Crippen LogP contribution in [0.3, 0.4) is 0 Å². The van der Waals surface area contributed by atoms with Crippen molar-refractivity contribution in [3.8, 4) is 5.75 Å². The standard InChI is InChI=1S/C19H23ClN4O3/c1-3-12-8-21-19(22-9-12)24-10-14(7-15(25)11-24)23-18(26)16-6-13(20)4-5-17(16)27-2/h4-6,8-9,14-15,25H,3,7,10-11H2,1-2H3,(H,23,26)/t14-,15+/m0/s1. The Kier molecular flexibility index (Phi) is 6.13. The van der Waals surface area contributed by atoms with Crippen molar-refractivity contribution in [3.05, 3.63) is 46.7 Å². The number of halogens is 1. The Balaban J connectivity index is 1.72. The number of hydrogen-bond donors (Lipinski definition) is 2. The van der Waals surface area contributed by atoms with Gasteiger partial charge in [0.15, 0.2) is 0 Å². The van der Waals surface area contributed by atoms with Crippen LogP contribution in [0.1, 0.15) is 29.3 Å². The number of methoxy groups -OCH3 is 1. The molecule has 0 saturated carbocycles. The van der Waals surface area contributed by atoms with Gasteiger partial charge in [-0.3, -0.25) is 4.79 Å². The molecule has 2 N–H and O–H groups in total. The third-order valence-corrected chi connectivity index (χ3v) is 4.79. The van der Waals surface area contributed by atoms with Crippen molar-refractivity contribution in [2.75, 3.05) is 25.1 Å². The molecule has 1 amide bonds. The molecule has 3 rings (SSSR count). The maximum absolute atomic E-state index is 12.7. The first-order valence-corrected chi connectivity index (χ1v) is 9.26. The van der Waals surface area contributed by atoms with Crippen LogP contribution in [-0.2, 0) is 6.42 Å². The Bertz CT molecular complexity index is 800. The minimum Gasteiger partial charge on any atom is -0.496 e. The fourth-order valence-electron chi connectivity index (χ4n) is 3.15. The van der Waals surface area contributed by atoms with Gasteiger partial charge in [0.05, 0.1) is 18.8 Å². The van der Waals surface area contributed by atoms with Crippen molar-refractivity contribution in [2.24, 2.45) is 0 Å². The zero-order valence-electron chi connectivity index (χ0n) is 15.4. The average molecular weight is 391 g/mol. The van der Waals surface area contributed by atoms with E-state index in [9.17, 15) is 9.90 Å². The van der Waals surface area contributed by atoms with Crippen molar-refractivity contribution in [1.29, 1.82) is 0 Å². The minimum absolute atomic E-state index is 0.251. The number of rotatable bonds is 5. The molecule has 0 radical (unpaired) electrons. The molecule has 2 aromatic rings. The number of carbonyl (C=O) groups is 1. The van der Waals surface area contributed by atoms with Gasteiger partial charge in [-0.25, -0.2) is 9.97 Å². The number of β-amino-alcohol motifs (C(OH)–C–C–N with tert-alkyl or cyclic N) is 1. The first-order valence-electron chi connectivity index (χ1n) is 8.88. The van der Waals surface area contributed by atoms with E-state index in [-0.39, 0.29) is 11.9 Å². The average Bonchev–Trinajstić information content (AvgIpc) is 2.67. The number of aromatic nitrogens is 2. The van der Waals surface area contributed by atoms with Gasteiger partial charge in [0.2, 0.25) is 5.95 Å². The molecule has 0 bridgehead atoms. The fourth-order valence-corrected chi connectivity index (χ4v) is 3.33. The predicted molar refractivity (Wildman–Crippen MR) is 104 cm³/mol. The largest absolute Gasteiger partial charge is 0.496 e. The molecule has 1 aliphatic heterocycles. The number of anilines is 1. The third kappa shape index (κ3) is 4.67. The van der Waals surface area contributed by atoms with Gasteiger partial charge in [-0.05, 0) is 36.6 Å². The highest BCUT2D eigenvalue weighted by Gasteiger charge is 2.29. The molecule has 7 nitrogen and oxygen atoms in total. The maximum Gasteiger partial charge on any atom is 0.255 e. The normalized spacial score (nSPS) is 19.6. The number of nitrogens with zero attached hydrogens (tertiary/aromatic N) is 3. The Labute approximate surface area is 163 Å². The first kappa shape index (κ1) is 19.4. The van der Waals surface area contributed by atoms with Crippen molar-refractivity contribution < 1.29 is 14.6 Å². The lowest BCUT2D eigenvalue weighted by molar-refractivity contribution is 0.0891. The molecule has 0 spiro atoms. The second-order valence-electron chi connectivity index (χ2n) is 6.55. The molecule has 1 aromatic carbocycles. The summed E-state index contributed by atoms with van der Waals surface area (Å²) in [5, 5.41) is 13.7. The first-order chi connectivity index (χ1) is 13.0. The smallest absolute Gasteiger partial charge is 0.255 e. The van der Waals surface area contributed by atoms with Gasteiger partial charge in [-0.2, -0.15) is 0 Å². The lowest BCUT2D eigenvalue weighted by Gasteiger charge is -2.36.